The maximum absolute atomic E-state index is 5.66. The van der Waals surface area contributed by atoms with E-state index in [1.807, 2.05) is 24.3 Å². The minimum atomic E-state index is 0.457. The van der Waals surface area contributed by atoms with E-state index in [4.69, 9.17) is 5.73 Å². The number of anilines is 2. The third-order valence-corrected chi connectivity index (χ3v) is 2.63. The molecule has 0 saturated heterocycles. The highest BCUT2D eigenvalue weighted by Gasteiger charge is 2.13. The summed E-state index contributed by atoms with van der Waals surface area (Å²) in [6, 6.07) is 8.37. The van der Waals surface area contributed by atoms with Crippen LogP contribution >= 0.6 is 0 Å². The van der Waals surface area contributed by atoms with Crippen LogP contribution in [0.4, 0.5) is 11.4 Å². The molecule has 3 N–H and O–H groups in total. The lowest BCUT2D eigenvalue weighted by molar-refractivity contribution is 0.344. The van der Waals surface area contributed by atoms with Crippen LogP contribution in [0.1, 0.15) is 13.8 Å². The Morgan fingerprint density at radius 2 is 1.75 bits per heavy atom. The molecule has 0 aliphatic carbocycles. The standard InChI is InChI=1S/C13H23N3/c1-10(2)13(9-16(3)4)15-12-7-5-11(14)6-8-12/h5-8,10,13,15H,9,14H2,1-4H3. The van der Waals surface area contributed by atoms with Gasteiger partial charge in [0.2, 0.25) is 0 Å². The average molecular weight is 221 g/mol. The van der Waals surface area contributed by atoms with Crippen LogP contribution in [0.25, 0.3) is 0 Å². The van der Waals surface area contributed by atoms with Gasteiger partial charge >= 0.3 is 0 Å². The van der Waals surface area contributed by atoms with E-state index in [9.17, 15) is 0 Å². The normalized spacial score (nSPS) is 13.1. The van der Waals surface area contributed by atoms with Crippen LogP contribution in [-0.4, -0.2) is 31.6 Å². The molecule has 0 heterocycles. The first-order valence-electron chi connectivity index (χ1n) is 5.76. The fraction of sp³-hybridized carbons (Fsp3) is 0.538. The van der Waals surface area contributed by atoms with Crippen molar-refractivity contribution in [2.75, 3.05) is 31.7 Å². The molecular formula is C13H23N3. The maximum Gasteiger partial charge on any atom is 0.0411 e. The third kappa shape index (κ3) is 4.11. The highest BCUT2D eigenvalue weighted by atomic mass is 15.1. The second-order valence-electron chi connectivity index (χ2n) is 4.88. The van der Waals surface area contributed by atoms with Crippen LogP contribution in [0.5, 0.6) is 0 Å². The monoisotopic (exact) mass is 221 g/mol. The Bertz CT molecular complexity index is 303. The van der Waals surface area contributed by atoms with Gasteiger partial charge in [-0.25, -0.2) is 0 Å². The molecule has 0 aliphatic heterocycles. The van der Waals surface area contributed by atoms with E-state index < -0.39 is 0 Å². The Morgan fingerprint density at radius 3 is 2.19 bits per heavy atom. The number of hydrogen-bond donors (Lipinski definition) is 2. The summed E-state index contributed by atoms with van der Waals surface area (Å²) in [4.78, 5) is 2.20. The van der Waals surface area contributed by atoms with Gasteiger partial charge in [-0.15, -0.1) is 0 Å². The van der Waals surface area contributed by atoms with Gasteiger partial charge in [-0.2, -0.15) is 0 Å². The van der Waals surface area contributed by atoms with Crippen molar-refractivity contribution in [3.05, 3.63) is 24.3 Å². The maximum atomic E-state index is 5.66. The summed E-state index contributed by atoms with van der Waals surface area (Å²) in [7, 11) is 4.19. The summed E-state index contributed by atoms with van der Waals surface area (Å²) < 4.78 is 0. The zero-order chi connectivity index (χ0) is 12.1. The van der Waals surface area contributed by atoms with E-state index in [0.717, 1.165) is 17.9 Å². The molecule has 3 nitrogen and oxygen atoms in total. The molecule has 1 rings (SSSR count). The van der Waals surface area contributed by atoms with Crippen LogP contribution < -0.4 is 11.1 Å². The predicted octanol–water partition coefficient (Wildman–Crippen LogP) is 2.27. The van der Waals surface area contributed by atoms with Gasteiger partial charge in [0.15, 0.2) is 0 Å². The first-order valence-corrected chi connectivity index (χ1v) is 5.76. The molecule has 1 unspecified atom stereocenters. The van der Waals surface area contributed by atoms with Crippen molar-refractivity contribution in [2.24, 2.45) is 5.92 Å². The van der Waals surface area contributed by atoms with E-state index >= 15 is 0 Å². The van der Waals surface area contributed by atoms with Gasteiger partial charge in [0.1, 0.15) is 0 Å². The zero-order valence-corrected chi connectivity index (χ0v) is 10.7. The molecule has 3 heteroatoms. The van der Waals surface area contributed by atoms with Crippen molar-refractivity contribution < 1.29 is 0 Å². The topological polar surface area (TPSA) is 41.3 Å². The van der Waals surface area contributed by atoms with Gasteiger partial charge in [0.05, 0.1) is 0 Å². The predicted molar refractivity (Wildman–Crippen MR) is 71.7 cm³/mol. The highest BCUT2D eigenvalue weighted by molar-refractivity contribution is 5.51. The molecule has 16 heavy (non-hydrogen) atoms. The molecule has 0 aliphatic rings. The van der Waals surface area contributed by atoms with Crippen LogP contribution in [0.15, 0.2) is 24.3 Å². The molecule has 1 aromatic carbocycles. The van der Waals surface area contributed by atoms with Crippen molar-refractivity contribution in [1.29, 1.82) is 0 Å². The molecule has 0 saturated carbocycles. The van der Waals surface area contributed by atoms with Gasteiger partial charge < -0.3 is 16.0 Å². The molecule has 0 fully saturated rings. The van der Waals surface area contributed by atoms with Gasteiger partial charge in [0, 0.05) is 24.0 Å². The summed E-state index contributed by atoms with van der Waals surface area (Å²) in [6.45, 7) is 5.50. The Labute approximate surface area is 98.6 Å². The third-order valence-electron chi connectivity index (χ3n) is 2.63. The first kappa shape index (κ1) is 12.8. The largest absolute Gasteiger partial charge is 0.399 e. The molecule has 90 valence electrons. The smallest absolute Gasteiger partial charge is 0.0411 e. The number of likely N-dealkylation sites (N-methyl/N-ethyl adjacent to an activating group) is 1. The van der Waals surface area contributed by atoms with Crippen molar-refractivity contribution in [3.63, 3.8) is 0 Å². The molecule has 0 bridgehead atoms. The Hall–Kier alpha value is -1.22. The summed E-state index contributed by atoms with van der Waals surface area (Å²) in [5, 5.41) is 3.54. The van der Waals surface area contributed by atoms with E-state index in [1.54, 1.807) is 0 Å². The van der Waals surface area contributed by atoms with Crippen LogP contribution in [0.2, 0.25) is 0 Å². The SMILES string of the molecule is CC(C)C(CN(C)C)Nc1ccc(N)cc1. The molecule has 1 aromatic rings. The number of hydrogen-bond acceptors (Lipinski definition) is 3. The van der Waals surface area contributed by atoms with Crippen molar-refractivity contribution in [1.82, 2.24) is 4.90 Å². The molecule has 0 aromatic heterocycles. The van der Waals surface area contributed by atoms with E-state index in [1.165, 1.54) is 0 Å². The van der Waals surface area contributed by atoms with Crippen molar-refractivity contribution >= 4 is 11.4 Å². The Balaban J connectivity index is 2.64. The minimum Gasteiger partial charge on any atom is -0.399 e. The zero-order valence-electron chi connectivity index (χ0n) is 10.7. The summed E-state index contributed by atoms with van der Waals surface area (Å²) >= 11 is 0. The second-order valence-corrected chi connectivity index (χ2v) is 4.88. The van der Waals surface area contributed by atoms with Gasteiger partial charge in [-0.05, 0) is 44.3 Å². The number of nitrogens with one attached hydrogen (secondary N) is 1. The van der Waals surface area contributed by atoms with E-state index in [2.05, 4.69) is 38.2 Å². The Kier molecular flexibility index (Phi) is 4.62. The van der Waals surface area contributed by atoms with Gasteiger partial charge in [-0.1, -0.05) is 13.8 Å². The lowest BCUT2D eigenvalue weighted by Gasteiger charge is -2.26. The van der Waals surface area contributed by atoms with E-state index in [0.29, 0.717) is 12.0 Å². The second kappa shape index (κ2) is 5.75. The fourth-order valence-corrected chi connectivity index (χ4v) is 1.61. The number of nitrogen functional groups attached to an aromatic ring is 1. The fourth-order valence-electron chi connectivity index (χ4n) is 1.61. The molecule has 1 atom stereocenters. The van der Waals surface area contributed by atoms with Crippen LogP contribution in [0, 0.1) is 5.92 Å². The van der Waals surface area contributed by atoms with Crippen LogP contribution in [0.3, 0.4) is 0 Å². The van der Waals surface area contributed by atoms with Gasteiger partial charge in [-0.3, -0.25) is 0 Å². The molecule has 0 radical (unpaired) electrons. The number of nitrogens with two attached hydrogens (primary N) is 1. The Morgan fingerprint density at radius 1 is 1.19 bits per heavy atom. The van der Waals surface area contributed by atoms with Crippen LogP contribution in [-0.2, 0) is 0 Å². The summed E-state index contributed by atoms with van der Waals surface area (Å²) in [5.41, 5.74) is 7.60. The highest BCUT2D eigenvalue weighted by Crippen LogP contribution is 2.15. The molecule has 0 spiro atoms. The minimum absolute atomic E-state index is 0.457. The first-order chi connectivity index (χ1) is 7.49. The molecule has 0 amide bonds. The summed E-state index contributed by atoms with van der Waals surface area (Å²) in [5.74, 6) is 0.597. The lowest BCUT2D eigenvalue weighted by atomic mass is 10.0. The number of rotatable bonds is 5. The quantitative estimate of drug-likeness (QED) is 0.749. The van der Waals surface area contributed by atoms with Gasteiger partial charge in [0.25, 0.3) is 0 Å². The average Bonchev–Trinajstić information content (AvgIpc) is 2.19. The number of benzene rings is 1. The number of nitrogens with zero attached hydrogens (tertiary/aromatic N) is 1. The van der Waals surface area contributed by atoms with E-state index in [-0.39, 0.29) is 0 Å². The molecular weight excluding hydrogens is 198 g/mol. The summed E-state index contributed by atoms with van der Waals surface area (Å²) in [6.07, 6.45) is 0. The lowest BCUT2D eigenvalue weighted by Crippen LogP contribution is -2.36. The van der Waals surface area contributed by atoms with Crippen molar-refractivity contribution in [2.45, 2.75) is 19.9 Å². The van der Waals surface area contributed by atoms with Crippen molar-refractivity contribution in [3.8, 4) is 0 Å².